The molecule has 9 heteroatoms. The van der Waals surface area contributed by atoms with Gasteiger partial charge in [0.15, 0.2) is 0 Å². The molecule has 0 aliphatic carbocycles. The Kier molecular flexibility index (Phi) is 3.94. The Bertz CT molecular complexity index is 532. The van der Waals surface area contributed by atoms with Crippen molar-refractivity contribution in [3.8, 4) is 0 Å². The van der Waals surface area contributed by atoms with Gasteiger partial charge in [-0.05, 0) is 12.1 Å². The Morgan fingerprint density at radius 3 is 1.74 bits per heavy atom. The number of halogens is 7. The lowest BCUT2D eigenvalue weighted by Crippen LogP contribution is -2.25. The summed E-state index contributed by atoms with van der Waals surface area (Å²) in [4.78, 5) is 21.7. The van der Waals surface area contributed by atoms with E-state index in [1.54, 1.807) is 0 Å². The number of hydrogen-bond donors (Lipinski definition) is 0. The first-order valence-electron chi connectivity index (χ1n) is 4.47. The monoisotopic (exact) mass is 304 g/mol. The van der Waals surface area contributed by atoms with E-state index in [1.165, 1.54) is 0 Å². The molecule has 0 aliphatic heterocycles. The lowest BCUT2D eigenvalue weighted by atomic mass is 10.0. The van der Waals surface area contributed by atoms with Crippen molar-refractivity contribution in [3.63, 3.8) is 0 Å². The maximum absolute atomic E-state index is 12.1. The van der Waals surface area contributed by atoms with Crippen LogP contribution in [0, 0.1) is 0 Å². The van der Waals surface area contributed by atoms with Gasteiger partial charge in [-0.2, -0.15) is 26.3 Å². The third-order valence-electron chi connectivity index (χ3n) is 1.99. The molecule has 0 N–H and O–H groups in total. The maximum atomic E-state index is 12.1. The summed E-state index contributed by atoms with van der Waals surface area (Å²) in [5.41, 5.74) is -1.97. The average Bonchev–Trinajstić information content (AvgIpc) is 2.24. The van der Waals surface area contributed by atoms with E-state index in [0.29, 0.717) is 18.2 Å². The van der Waals surface area contributed by atoms with E-state index < -0.39 is 40.1 Å². The minimum absolute atomic E-state index is 0.371. The molecular formula is C10H3ClF6O2. The molecule has 2 nitrogen and oxygen atoms in total. The summed E-state index contributed by atoms with van der Waals surface area (Å²) >= 11 is 5.28. The van der Waals surface area contributed by atoms with Gasteiger partial charge in [-0.25, -0.2) is 0 Å². The molecule has 0 amide bonds. The van der Waals surface area contributed by atoms with Crippen molar-refractivity contribution in [1.29, 1.82) is 0 Å². The number of ketones is 2. The van der Waals surface area contributed by atoms with Crippen molar-refractivity contribution in [2.45, 2.75) is 12.4 Å². The van der Waals surface area contributed by atoms with E-state index in [2.05, 4.69) is 0 Å². The van der Waals surface area contributed by atoms with Crippen molar-refractivity contribution in [2.75, 3.05) is 0 Å². The van der Waals surface area contributed by atoms with E-state index in [4.69, 9.17) is 11.6 Å². The van der Waals surface area contributed by atoms with Gasteiger partial charge in [-0.3, -0.25) is 9.59 Å². The normalized spacial score (nSPS) is 12.4. The van der Waals surface area contributed by atoms with Gasteiger partial charge < -0.3 is 0 Å². The van der Waals surface area contributed by atoms with E-state index in [-0.39, 0.29) is 0 Å². The minimum Gasteiger partial charge on any atom is -0.284 e. The summed E-state index contributed by atoms with van der Waals surface area (Å²) in [5, 5.41) is -0.877. The van der Waals surface area contributed by atoms with Crippen LogP contribution in [0.2, 0.25) is 5.02 Å². The summed E-state index contributed by atoms with van der Waals surface area (Å²) < 4.78 is 72.6. The third kappa shape index (κ3) is 3.46. The zero-order valence-electron chi connectivity index (χ0n) is 8.69. The van der Waals surface area contributed by atoms with Crippen LogP contribution in [0.4, 0.5) is 26.3 Å². The van der Waals surface area contributed by atoms with Crippen LogP contribution in [0.15, 0.2) is 18.2 Å². The van der Waals surface area contributed by atoms with E-state index in [1.807, 2.05) is 0 Å². The van der Waals surface area contributed by atoms with Crippen LogP contribution in [-0.2, 0) is 0 Å². The number of benzene rings is 1. The number of carbonyl (C=O) groups is 2. The van der Waals surface area contributed by atoms with E-state index >= 15 is 0 Å². The standard InChI is InChI=1S/C10H3ClF6O2/c11-6-3-4(7(18)9(12,13)14)1-2-5(6)8(19)10(15,16)17/h1-3H. The molecule has 1 aromatic carbocycles. The van der Waals surface area contributed by atoms with Crippen molar-refractivity contribution in [3.05, 3.63) is 34.3 Å². The van der Waals surface area contributed by atoms with Gasteiger partial charge in [0.1, 0.15) is 0 Å². The van der Waals surface area contributed by atoms with E-state index in [9.17, 15) is 35.9 Å². The Hall–Kier alpha value is -1.57. The molecule has 0 bridgehead atoms. The predicted molar refractivity (Wildman–Crippen MR) is 52.2 cm³/mol. The fourth-order valence-corrected chi connectivity index (χ4v) is 1.42. The molecule has 0 aliphatic rings. The van der Waals surface area contributed by atoms with Gasteiger partial charge >= 0.3 is 12.4 Å². The molecule has 0 aromatic heterocycles. The zero-order chi connectivity index (χ0) is 15.0. The minimum atomic E-state index is -5.21. The fourth-order valence-electron chi connectivity index (χ4n) is 1.16. The van der Waals surface area contributed by atoms with Crippen molar-refractivity contribution in [2.24, 2.45) is 0 Å². The average molecular weight is 305 g/mol. The van der Waals surface area contributed by atoms with Crippen LogP contribution in [0.25, 0.3) is 0 Å². The largest absolute Gasteiger partial charge is 0.454 e. The lowest BCUT2D eigenvalue weighted by Gasteiger charge is -2.09. The lowest BCUT2D eigenvalue weighted by molar-refractivity contribution is -0.0890. The van der Waals surface area contributed by atoms with Gasteiger partial charge in [-0.15, -0.1) is 0 Å². The van der Waals surface area contributed by atoms with Crippen molar-refractivity contribution >= 4 is 23.2 Å². The number of alkyl halides is 6. The Labute approximate surface area is 107 Å². The highest BCUT2D eigenvalue weighted by Gasteiger charge is 2.42. The smallest absolute Gasteiger partial charge is 0.284 e. The Morgan fingerprint density at radius 1 is 0.895 bits per heavy atom. The third-order valence-corrected chi connectivity index (χ3v) is 2.30. The topological polar surface area (TPSA) is 34.1 Å². The second-order valence-electron chi connectivity index (χ2n) is 3.35. The maximum Gasteiger partial charge on any atom is 0.454 e. The quantitative estimate of drug-likeness (QED) is 0.614. The highest BCUT2D eigenvalue weighted by Crippen LogP contribution is 2.29. The van der Waals surface area contributed by atoms with Gasteiger partial charge in [0.25, 0.3) is 11.6 Å². The summed E-state index contributed by atoms with van der Waals surface area (Å²) in [6.45, 7) is 0. The van der Waals surface area contributed by atoms with Gasteiger partial charge in [0.2, 0.25) is 0 Å². The summed E-state index contributed by atoms with van der Waals surface area (Å²) in [6, 6.07) is 1.26. The molecule has 1 aromatic rings. The molecule has 0 atom stereocenters. The Balaban J connectivity index is 3.20. The number of rotatable bonds is 2. The van der Waals surface area contributed by atoms with Gasteiger partial charge in [0.05, 0.1) is 5.02 Å². The van der Waals surface area contributed by atoms with Crippen LogP contribution >= 0.6 is 11.6 Å². The number of hydrogen-bond acceptors (Lipinski definition) is 2. The molecule has 1 rings (SSSR count). The van der Waals surface area contributed by atoms with Crippen LogP contribution < -0.4 is 0 Å². The fraction of sp³-hybridized carbons (Fsp3) is 0.200. The first-order valence-corrected chi connectivity index (χ1v) is 4.85. The van der Waals surface area contributed by atoms with Crippen molar-refractivity contribution in [1.82, 2.24) is 0 Å². The molecule has 19 heavy (non-hydrogen) atoms. The van der Waals surface area contributed by atoms with Gasteiger partial charge in [0, 0.05) is 11.1 Å². The molecule has 0 saturated heterocycles. The highest BCUT2D eigenvalue weighted by atomic mass is 35.5. The molecule has 0 saturated carbocycles. The van der Waals surface area contributed by atoms with E-state index in [0.717, 1.165) is 0 Å². The first-order chi connectivity index (χ1) is 8.44. The SMILES string of the molecule is O=C(c1ccc(C(=O)C(F)(F)F)c(Cl)c1)C(F)(F)F. The highest BCUT2D eigenvalue weighted by molar-refractivity contribution is 6.34. The molecule has 0 fully saturated rings. The first kappa shape index (κ1) is 15.5. The predicted octanol–water partition coefficient (Wildman–Crippen LogP) is 3.83. The van der Waals surface area contributed by atoms with Crippen LogP contribution in [0.1, 0.15) is 20.7 Å². The summed E-state index contributed by atoms with van der Waals surface area (Å²) in [6.07, 6.45) is -10.4. The molecular weight excluding hydrogens is 302 g/mol. The Morgan fingerprint density at radius 2 is 1.37 bits per heavy atom. The van der Waals surface area contributed by atoms with Crippen LogP contribution in [0.5, 0.6) is 0 Å². The molecule has 0 unspecified atom stereocenters. The zero-order valence-corrected chi connectivity index (χ0v) is 9.45. The van der Waals surface area contributed by atoms with Crippen LogP contribution in [-0.4, -0.2) is 23.9 Å². The molecule has 0 spiro atoms. The molecule has 0 radical (unpaired) electrons. The summed E-state index contributed by atoms with van der Waals surface area (Å²) in [5.74, 6) is -4.57. The number of Topliss-reactive ketones (excluding diaryl/α,β-unsaturated/α-hetero) is 2. The van der Waals surface area contributed by atoms with Gasteiger partial charge in [-0.1, -0.05) is 17.7 Å². The second kappa shape index (κ2) is 4.84. The molecule has 104 valence electrons. The van der Waals surface area contributed by atoms with Crippen molar-refractivity contribution < 1.29 is 35.9 Å². The number of carbonyl (C=O) groups excluding carboxylic acids is 2. The molecule has 0 heterocycles. The second-order valence-corrected chi connectivity index (χ2v) is 3.76. The summed E-state index contributed by atoms with van der Waals surface area (Å²) in [7, 11) is 0. The van der Waals surface area contributed by atoms with Crippen LogP contribution in [0.3, 0.4) is 0 Å².